The molecule has 0 aliphatic heterocycles. The van der Waals surface area contributed by atoms with Crippen molar-refractivity contribution >= 4 is 40.0 Å². The number of aliphatic hydroxyl groups is 1. The van der Waals surface area contributed by atoms with Gasteiger partial charge in [0.05, 0.1) is 19.0 Å². The lowest BCUT2D eigenvalue weighted by molar-refractivity contribution is 0.151. The van der Waals surface area contributed by atoms with E-state index >= 15 is 0 Å². The summed E-state index contributed by atoms with van der Waals surface area (Å²) in [5.74, 6) is 2.32. The van der Waals surface area contributed by atoms with Gasteiger partial charge in [-0.05, 0) is 61.7 Å². The Hall–Kier alpha value is -4.74. The van der Waals surface area contributed by atoms with Crippen molar-refractivity contribution < 1.29 is 19.1 Å². The number of aromatic nitrogens is 3. The van der Waals surface area contributed by atoms with E-state index in [1.807, 2.05) is 66.7 Å². The van der Waals surface area contributed by atoms with Gasteiger partial charge in [0, 0.05) is 42.5 Å². The predicted octanol–water partition coefficient (Wildman–Crippen LogP) is 5.94. The minimum absolute atomic E-state index is 0.176. The lowest BCUT2D eigenvalue weighted by Gasteiger charge is -2.22. The van der Waals surface area contributed by atoms with Crippen LogP contribution in [0.5, 0.6) is 0 Å². The highest BCUT2D eigenvalue weighted by atomic mass is 16.5. The summed E-state index contributed by atoms with van der Waals surface area (Å²) in [7, 11) is 0. The minimum Gasteiger partial charge on any atom is -0.498 e. The standard InChI is InChI=1S/C34H41N7O4/c1-3-41(19-20-42)18-7-21-44-29-15-12-26(22-24(29)2)32-40-30-31(36-23-37-33(30)45-32)35-17-16-25-10-13-28(14-11-25)39-34(43)38-27-8-5-4-6-9-27/h4-6,8-15,23-24,42H,3,7,16-22H2,1-2H3,(H,35,36,37)(H2,38,39,43). The number of anilines is 3. The molecule has 45 heavy (non-hydrogen) atoms. The molecule has 11 nitrogen and oxygen atoms in total. The number of fused-ring (bicyclic) bond motifs is 1. The zero-order chi connectivity index (χ0) is 31.4. The average molecular weight is 612 g/mol. The van der Waals surface area contributed by atoms with E-state index in [0.717, 1.165) is 54.9 Å². The van der Waals surface area contributed by atoms with Crippen LogP contribution in [0.4, 0.5) is 22.0 Å². The maximum absolute atomic E-state index is 12.3. The van der Waals surface area contributed by atoms with Crippen molar-refractivity contribution in [1.82, 2.24) is 19.9 Å². The second-order valence-electron chi connectivity index (χ2n) is 10.9. The van der Waals surface area contributed by atoms with Gasteiger partial charge in [-0.3, -0.25) is 0 Å². The molecule has 2 aromatic carbocycles. The first-order chi connectivity index (χ1) is 22.0. The van der Waals surface area contributed by atoms with Gasteiger partial charge in [0.1, 0.15) is 6.33 Å². The van der Waals surface area contributed by atoms with Crippen LogP contribution >= 0.6 is 0 Å². The topological polar surface area (TPSA) is 138 Å². The van der Waals surface area contributed by atoms with E-state index in [9.17, 15) is 4.79 Å². The van der Waals surface area contributed by atoms with Gasteiger partial charge in [-0.25, -0.2) is 14.8 Å². The SMILES string of the molecule is CCN(CCO)CCCOC1=CC=C(c2nc3c(NCCc4ccc(NC(=O)Nc5ccccc5)cc4)ncnc3o2)CC1C. The van der Waals surface area contributed by atoms with E-state index in [1.54, 1.807) is 0 Å². The molecule has 4 aromatic rings. The van der Waals surface area contributed by atoms with Gasteiger partial charge in [0.2, 0.25) is 5.89 Å². The summed E-state index contributed by atoms with van der Waals surface area (Å²) in [6.07, 6.45) is 7.90. The summed E-state index contributed by atoms with van der Waals surface area (Å²) in [4.78, 5) is 27.9. The summed E-state index contributed by atoms with van der Waals surface area (Å²) in [5, 5.41) is 18.2. The fraction of sp³-hybridized carbons (Fsp3) is 0.353. The van der Waals surface area contributed by atoms with Gasteiger partial charge in [-0.1, -0.05) is 50.3 Å². The average Bonchev–Trinajstić information content (AvgIpc) is 3.50. The van der Waals surface area contributed by atoms with Gasteiger partial charge in [-0.2, -0.15) is 4.98 Å². The van der Waals surface area contributed by atoms with Gasteiger partial charge in [-0.15, -0.1) is 0 Å². The van der Waals surface area contributed by atoms with E-state index in [1.165, 1.54) is 6.33 Å². The maximum atomic E-state index is 12.3. The molecule has 11 heteroatoms. The van der Waals surface area contributed by atoms with Crippen molar-refractivity contribution in [2.75, 3.05) is 55.3 Å². The number of para-hydroxylation sites is 1. The number of likely N-dealkylation sites (N-methyl/N-ethyl adjacent to an activating group) is 1. The Morgan fingerprint density at radius 1 is 1.04 bits per heavy atom. The number of ether oxygens (including phenoxy) is 1. The van der Waals surface area contributed by atoms with Crippen LogP contribution in [0.3, 0.4) is 0 Å². The summed E-state index contributed by atoms with van der Waals surface area (Å²) in [6.45, 7) is 8.20. The molecule has 0 saturated carbocycles. The molecule has 236 valence electrons. The quantitative estimate of drug-likeness (QED) is 0.120. The van der Waals surface area contributed by atoms with Crippen molar-refractivity contribution in [2.45, 2.75) is 33.1 Å². The summed E-state index contributed by atoms with van der Waals surface area (Å²) >= 11 is 0. The van der Waals surface area contributed by atoms with Gasteiger partial charge < -0.3 is 35.1 Å². The predicted molar refractivity (Wildman–Crippen MR) is 177 cm³/mol. The monoisotopic (exact) mass is 611 g/mol. The van der Waals surface area contributed by atoms with Crippen LogP contribution in [-0.4, -0.2) is 70.4 Å². The Bertz CT molecular complexity index is 1600. The first-order valence-corrected chi connectivity index (χ1v) is 15.5. The number of nitrogens with zero attached hydrogens (tertiary/aromatic N) is 4. The van der Waals surface area contributed by atoms with Crippen LogP contribution in [-0.2, 0) is 11.2 Å². The number of benzene rings is 2. The first-order valence-electron chi connectivity index (χ1n) is 15.5. The number of carbonyl (C=O) groups is 1. The lowest BCUT2D eigenvalue weighted by Crippen LogP contribution is -2.28. The Labute approximate surface area is 263 Å². The number of carbonyl (C=O) groups excluding carboxylic acids is 1. The van der Waals surface area contributed by atoms with Crippen LogP contribution in [0.15, 0.2) is 83.3 Å². The Morgan fingerprint density at radius 3 is 2.56 bits per heavy atom. The number of amides is 2. The third-order valence-corrected chi connectivity index (χ3v) is 7.63. The van der Waals surface area contributed by atoms with E-state index in [2.05, 4.69) is 44.7 Å². The molecular weight excluding hydrogens is 570 g/mol. The van der Waals surface area contributed by atoms with Gasteiger partial charge in [0.15, 0.2) is 11.3 Å². The second-order valence-corrected chi connectivity index (χ2v) is 10.9. The number of oxazole rings is 1. The number of hydrogen-bond donors (Lipinski definition) is 4. The molecule has 1 aliphatic rings. The summed E-state index contributed by atoms with van der Waals surface area (Å²) in [6, 6.07) is 16.8. The summed E-state index contributed by atoms with van der Waals surface area (Å²) in [5.41, 5.74) is 4.59. The molecule has 0 fully saturated rings. The van der Waals surface area contributed by atoms with E-state index < -0.39 is 0 Å². The third kappa shape index (κ3) is 8.90. The number of urea groups is 1. The Balaban J connectivity index is 1.12. The molecule has 0 spiro atoms. The smallest absolute Gasteiger partial charge is 0.323 e. The highest BCUT2D eigenvalue weighted by Gasteiger charge is 2.22. The zero-order valence-electron chi connectivity index (χ0n) is 25.8. The highest BCUT2D eigenvalue weighted by Crippen LogP contribution is 2.33. The number of aliphatic hydroxyl groups excluding tert-OH is 1. The van der Waals surface area contributed by atoms with E-state index in [-0.39, 0.29) is 18.6 Å². The highest BCUT2D eigenvalue weighted by molar-refractivity contribution is 5.99. The molecule has 1 aliphatic carbocycles. The number of rotatable bonds is 15. The Morgan fingerprint density at radius 2 is 1.82 bits per heavy atom. The molecule has 2 amide bonds. The second kappa shape index (κ2) is 15.8. The summed E-state index contributed by atoms with van der Waals surface area (Å²) < 4.78 is 12.1. The molecule has 2 heterocycles. The van der Waals surface area contributed by atoms with E-state index in [4.69, 9.17) is 19.2 Å². The lowest BCUT2D eigenvalue weighted by atomic mass is 9.94. The molecular formula is C34H41N7O4. The van der Waals surface area contributed by atoms with Crippen LogP contribution in [0, 0.1) is 5.92 Å². The maximum Gasteiger partial charge on any atom is 0.323 e. The van der Waals surface area contributed by atoms with Crippen molar-refractivity contribution in [3.05, 3.63) is 90.3 Å². The molecule has 1 atom stereocenters. The van der Waals surface area contributed by atoms with Crippen LogP contribution in [0.2, 0.25) is 0 Å². The molecule has 0 bridgehead atoms. The molecule has 0 radical (unpaired) electrons. The van der Waals surface area contributed by atoms with Gasteiger partial charge in [0.25, 0.3) is 5.71 Å². The van der Waals surface area contributed by atoms with Crippen LogP contribution < -0.4 is 16.0 Å². The van der Waals surface area contributed by atoms with Crippen molar-refractivity contribution in [2.24, 2.45) is 5.92 Å². The van der Waals surface area contributed by atoms with Crippen molar-refractivity contribution in [1.29, 1.82) is 0 Å². The fourth-order valence-electron chi connectivity index (χ4n) is 5.16. The Kier molecular flexibility index (Phi) is 11.1. The molecule has 2 aromatic heterocycles. The number of nitrogens with one attached hydrogen (secondary N) is 3. The fourth-order valence-corrected chi connectivity index (χ4v) is 5.16. The molecule has 4 N–H and O–H groups in total. The normalized spacial score (nSPS) is 14.6. The first kappa shape index (κ1) is 31.7. The largest absolute Gasteiger partial charge is 0.498 e. The number of hydrogen-bond acceptors (Lipinski definition) is 9. The number of allylic oxidation sites excluding steroid dienone is 4. The van der Waals surface area contributed by atoms with Gasteiger partial charge >= 0.3 is 6.03 Å². The van der Waals surface area contributed by atoms with Crippen molar-refractivity contribution in [3.63, 3.8) is 0 Å². The molecule has 0 saturated heterocycles. The third-order valence-electron chi connectivity index (χ3n) is 7.63. The van der Waals surface area contributed by atoms with Crippen molar-refractivity contribution in [3.8, 4) is 0 Å². The van der Waals surface area contributed by atoms with Crippen LogP contribution in [0.25, 0.3) is 16.8 Å². The zero-order valence-corrected chi connectivity index (χ0v) is 25.8. The minimum atomic E-state index is -0.288. The molecule has 5 rings (SSSR count). The van der Waals surface area contributed by atoms with E-state index in [0.29, 0.717) is 48.3 Å². The van der Waals surface area contributed by atoms with Crippen LogP contribution in [0.1, 0.15) is 38.1 Å². The molecule has 1 unspecified atom stereocenters.